The van der Waals surface area contributed by atoms with E-state index in [1.165, 1.54) is 12.1 Å². The highest BCUT2D eigenvalue weighted by Crippen LogP contribution is 2.36. The molecule has 0 saturated heterocycles. The van der Waals surface area contributed by atoms with Crippen LogP contribution in [0.25, 0.3) is 0 Å². The van der Waals surface area contributed by atoms with Gasteiger partial charge in [0.25, 0.3) is 5.69 Å². The lowest BCUT2D eigenvalue weighted by Crippen LogP contribution is -2.24. The summed E-state index contributed by atoms with van der Waals surface area (Å²) in [7, 11) is 0. The van der Waals surface area contributed by atoms with Crippen LogP contribution >= 0.6 is 0 Å². The second-order valence-electron chi connectivity index (χ2n) is 7.72. The molecule has 1 atom stereocenters. The number of benzene rings is 3. The number of hydrogen-bond donors (Lipinski definition) is 0. The summed E-state index contributed by atoms with van der Waals surface area (Å²) in [5.41, 5.74) is 2.02. The van der Waals surface area contributed by atoms with Crippen molar-refractivity contribution in [3.05, 3.63) is 94.0 Å². The Kier molecular flexibility index (Phi) is 6.65. The van der Waals surface area contributed by atoms with Crippen LogP contribution in [0.1, 0.15) is 24.0 Å². The van der Waals surface area contributed by atoms with Crippen LogP contribution in [-0.4, -0.2) is 35.8 Å². The number of para-hydroxylation sites is 3. The molecule has 0 radical (unpaired) electrons. The lowest BCUT2D eigenvalue weighted by molar-refractivity contribution is -0.384. The maximum atomic E-state index is 10.8. The minimum atomic E-state index is -0.414. The Morgan fingerprint density at radius 1 is 1.00 bits per heavy atom. The molecule has 0 aliphatic carbocycles. The molecule has 164 valence electrons. The smallest absolute Gasteiger partial charge is 0.269 e. The molecular weight excluding hydrogens is 406 g/mol. The molecule has 0 spiro atoms. The first-order valence-electron chi connectivity index (χ1n) is 10.6. The fourth-order valence-electron chi connectivity index (χ4n) is 3.63. The molecule has 7 heteroatoms. The van der Waals surface area contributed by atoms with Gasteiger partial charge in [-0.2, -0.15) is 0 Å². The molecule has 3 aromatic rings. The third-order valence-corrected chi connectivity index (χ3v) is 5.33. The van der Waals surface area contributed by atoms with E-state index in [1.807, 2.05) is 48.8 Å². The number of nitrogens with zero attached hydrogens (tertiary/aromatic N) is 3. The summed E-state index contributed by atoms with van der Waals surface area (Å²) in [6.45, 7) is 5.15. The predicted octanol–water partition coefficient (Wildman–Crippen LogP) is 5.41. The molecule has 0 bridgehead atoms. The largest absolute Gasteiger partial charge is 0.485 e. The van der Waals surface area contributed by atoms with Crippen LogP contribution in [0.4, 0.5) is 5.69 Å². The first-order chi connectivity index (χ1) is 15.6. The van der Waals surface area contributed by atoms with Crippen LogP contribution in [0.15, 0.2) is 77.8 Å². The van der Waals surface area contributed by atoms with Crippen LogP contribution in [-0.2, 0) is 6.61 Å². The van der Waals surface area contributed by atoms with E-state index in [2.05, 4.69) is 22.9 Å². The summed E-state index contributed by atoms with van der Waals surface area (Å²) >= 11 is 0. The second-order valence-corrected chi connectivity index (χ2v) is 7.72. The lowest BCUT2D eigenvalue weighted by atomic mass is 9.99. The third kappa shape index (κ3) is 5.24. The van der Waals surface area contributed by atoms with Gasteiger partial charge in [0.05, 0.1) is 17.8 Å². The Bertz CT molecular complexity index is 1100. The number of non-ortho nitro benzene ring substituents is 1. The molecule has 0 aromatic heterocycles. The van der Waals surface area contributed by atoms with E-state index in [1.54, 1.807) is 12.1 Å². The van der Waals surface area contributed by atoms with Crippen LogP contribution < -0.4 is 9.47 Å². The van der Waals surface area contributed by atoms with Gasteiger partial charge in [-0.1, -0.05) is 37.3 Å². The maximum Gasteiger partial charge on any atom is 0.269 e. The summed E-state index contributed by atoms with van der Waals surface area (Å²) in [5.74, 6) is 2.29. The van der Waals surface area contributed by atoms with Crippen molar-refractivity contribution in [1.82, 2.24) is 4.90 Å². The highest BCUT2D eigenvalue weighted by Gasteiger charge is 2.17. The summed E-state index contributed by atoms with van der Waals surface area (Å²) < 4.78 is 12.3. The van der Waals surface area contributed by atoms with Crippen LogP contribution in [0.3, 0.4) is 0 Å². The van der Waals surface area contributed by atoms with Crippen molar-refractivity contribution < 1.29 is 14.4 Å². The lowest BCUT2D eigenvalue weighted by Gasteiger charge is -2.22. The molecule has 0 amide bonds. The zero-order valence-electron chi connectivity index (χ0n) is 17.9. The topological polar surface area (TPSA) is 77.2 Å². The Hall–Kier alpha value is -3.87. The molecule has 1 aliphatic heterocycles. The zero-order valence-corrected chi connectivity index (χ0v) is 17.9. The van der Waals surface area contributed by atoms with Crippen LogP contribution in [0, 0.1) is 10.1 Å². The highest BCUT2D eigenvalue weighted by molar-refractivity contribution is 5.57. The number of aliphatic imine (C=N–C) groups is 1. The molecule has 4 rings (SSSR count). The van der Waals surface area contributed by atoms with E-state index >= 15 is 0 Å². The summed E-state index contributed by atoms with van der Waals surface area (Å²) in [6, 6.07) is 21.9. The second kappa shape index (κ2) is 9.96. The van der Waals surface area contributed by atoms with Crippen molar-refractivity contribution in [3.63, 3.8) is 0 Å². The SMILES string of the molecule is CC(CN1C=NCC1)c1ccccc1Oc1ccccc1OCc1ccc([N+](=O)[O-])cc1. The van der Waals surface area contributed by atoms with Gasteiger partial charge in [0.1, 0.15) is 12.4 Å². The predicted molar refractivity (Wildman–Crippen MR) is 124 cm³/mol. The van der Waals surface area contributed by atoms with Crippen molar-refractivity contribution in [2.45, 2.75) is 19.4 Å². The van der Waals surface area contributed by atoms with Crippen LogP contribution in [0.2, 0.25) is 0 Å². The zero-order chi connectivity index (χ0) is 22.3. The van der Waals surface area contributed by atoms with Crippen molar-refractivity contribution in [2.75, 3.05) is 19.6 Å². The molecule has 1 heterocycles. The van der Waals surface area contributed by atoms with Crippen molar-refractivity contribution in [1.29, 1.82) is 0 Å². The van der Waals surface area contributed by atoms with Gasteiger partial charge < -0.3 is 14.4 Å². The third-order valence-electron chi connectivity index (χ3n) is 5.33. The Morgan fingerprint density at radius 3 is 2.38 bits per heavy atom. The van der Waals surface area contributed by atoms with E-state index in [9.17, 15) is 10.1 Å². The molecule has 3 aromatic carbocycles. The molecule has 1 aliphatic rings. The molecule has 1 unspecified atom stereocenters. The van der Waals surface area contributed by atoms with Gasteiger partial charge in [-0.3, -0.25) is 15.1 Å². The van der Waals surface area contributed by atoms with E-state index < -0.39 is 4.92 Å². The normalized spacial score (nSPS) is 13.7. The minimum Gasteiger partial charge on any atom is -0.485 e. The summed E-state index contributed by atoms with van der Waals surface area (Å²) in [5, 5.41) is 10.8. The summed E-state index contributed by atoms with van der Waals surface area (Å²) in [6.07, 6.45) is 1.92. The maximum absolute atomic E-state index is 10.8. The van der Waals surface area contributed by atoms with E-state index in [-0.39, 0.29) is 18.2 Å². The van der Waals surface area contributed by atoms with Gasteiger partial charge in [0, 0.05) is 31.1 Å². The molecular formula is C25H25N3O4. The van der Waals surface area contributed by atoms with Gasteiger partial charge in [0.2, 0.25) is 0 Å². The number of rotatable bonds is 9. The first kappa shape index (κ1) is 21.4. The van der Waals surface area contributed by atoms with Gasteiger partial charge >= 0.3 is 0 Å². The molecule has 7 nitrogen and oxygen atoms in total. The van der Waals surface area contributed by atoms with E-state index in [0.29, 0.717) is 11.5 Å². The number of nitro benzene ring substituents is 1. The average Bonchev–Trinajstić information content (AvgIpc) is 3.32. The highest BCUT2D eigenvalue weighted by atomic mass is 16.6. The van der Waals surface area contributed by atoms with Gasteiger partial charge in [0.15, 0.2) is 11.5 Å². The average molecular weight is 431 g/mol. The first-order valence-corrected chi connectivity index (χ1v) is 10.6. The minimum absolute atomic E-state index is 0.0587. The quantitative estimate of drug-likeness (QED) is 0.334. The van der Waals surface area contributed by atoms with Crippen molar-refractivity contribution in [3.8, 4) is 17.2 Å². The van der Waals surface area contributed by atoms with E-state index in [0.717, 1.165) is 36.5 Å². The standard InChI is InChI=1S/C25H25N3O4/c1-19(16-27-15-14-26-18-27)22-6-2-3-7-23(22)32-25-9-5-4-8-24(25)31-17-20-10-12-21(13-11-20)28(29)30/h2-13,18-19H,14-17H2,1H3. The molecule has 0 fully saturated rings. The number of hydrogen-bond acceptors (Lipinski definition) is 6. The van der Waals surface area contributed by atoms with Gasteiger partial charge in [-0.15, -0.1) is 0 Å². The number of nitro groups is 1. The monoisotopic (exact) mass is 431 g/mol. The van der Waals surface area contributed by atoms with Crippen molar-refractivity contribution in [2.24, 2.45) is 4.99 Å². The summed E-state index contributed by atoms with van der Waals surface area (Å²) in [4.78, 5) is 16.9. The van der Waals surface area contributed by atoms with Gasteiger partial charge in [-0.25, -0.2) is 0 Å². The Morgan fingerprint density at radius 2 is 1.69 bits per heavy atom. The van der Waals surface area contributed by atoms with Crippen molar-refractivity contribution >= 4 is 12.0 Å². The Labute approximate surface area is 187 Å². The fourth-order valence-corrected chi connectivity index (χ4v) is 3.63. The molecule has 32 heavy (non-hydrogen) atoms. The fraction of sp³-hybridized carbons (Fsp3) is 0.240. The number of ether oxygens (including phenoxy) is 2. The Balaban J connectivity index is 1.47. The van der Waals surface area contributed by atoms with Crippen LogP contribution in [0.5, 0.6) is 17.2 Å². The van der Waals surface area contributed by atoms with Gasteiger partial charge in [-0.05, 0) is 41.5 Å². The molecule has 0 N–H and O–H groups in total. The molecule has 0 saturated carbocycles. The van der Waals surface area contributed by atoms with E-state index in [4.69, 9.17) is 9.47 Å².